The highest BCUT2D eigenvalue weighted by Crippen LogP contribution is 2.19. The van der Waals surface area contributed by atoms with Crippen LogP contribution in [0.3, 0.4) is 0 Å². The average Bonchev–Trinajstić information content (AvgIpc) is 2.46. The Hall–Kier alpha value is -2.74. The van der Waals surface area contributed by atoms with Crippen LogP contribution in [0.2, 0.25) is 0 Å². The van der Waals surface area contributed by atoms with Crippen molar-refractivity contribution < 1.29 is 4.74 Å². The number of rotatable bonds is 4. The van der Waals surface area contributed by atoms with Crippen LogP contribution >= 0.6 is 0 Å². The smallest absolute Gasteiger partial charge is 0.212 e. The zero-order valence-corrected chi connectivity index (χ0v) is 10.6. The maximum atomic E-state index is 9.03. The molecule has 2 aromatic rings. The summed E-state index contributed by atoms with van der Waals surface area (Å²) < 4.78 is 4.99. The van der Waals surface area contributed by atoms with Crippen molar-refractivity contribution in [1.29, 1.82) is 5.26 Å². The van der Waals surface area contributed by atoms with Gasteiger partial charge >= 0.3 is 0 Å². The van der Waals surface area contributed by atoms with Gasteiger partial charge in [0.25, 0.3) is 0 Å². The molecule has 5 heteroatoms. The van der Waals surface area contributed by atoms with E-state index in [2.05, 4.69) is 16.4 Å². The zero-order chi connectivity index (χ0) is 13.7. The quantitative estimate of drug-likeness (QED) is 0.817. The van der Waals surface area contributed by atoms with Gasteiger partial charge in [-0.15, -0.1) is 0 Å². The van der Waals surface area contributed by atoms with Gasteiger partial charge < -0.3 is 15.8 Å². The van der Waals surface area contributed by atoms with Crippen LogP contribution in [0.15, 0.2) is 36.5 Å². The summed E-state index contributed by atoms with van der Waals surface area (Å²) in [6.45, 7) is 0.579. The van der Waals surface area contributed by atoms with Gasteiger partial charge in [0, 0.05) is 24.5 Å². The van der Waals surface area contributed by atoms with E-state index >= 15 is 0 Å². The molecule has 0 unspecified atom stereocenters. The van der Waals surface area contributed by atoms with E-state index in [1.54, 1.807) is 37.6 Å². The van der Waals surface area contributed by atoms with Crippen LogP contribution in [0.1, 0.15) is 11.1 Å². The average molecular weight is 254 g/mol. The Balaban J connectivity index is 2.08. The summed E-state index contributed by atoms with van der Waals surface area (Å²) in [5, 5.41) is 12.2. The van der Waals surface area contributed by atoms with E-state index in [0.29, 0.717) is 23.7 Å². The highest BCUT2D eigenvalue weighted by Gasteiger charge is 2.02. The van der Waals surface area contributed by atoms with Crippen molar-refractivity contribution in [3.8, 4) is 11.9 Å². The minimum atomic E-state index is 0.529. The Morgan fingerprint density at radius 1 is 1.37 bits per heavy atom. The van der Waals surface area contributed by atoms with E-state index in [1.165, 1.54) is 0 Å². The Labute approximate surface area is 111 Å². The van der Waals surface area contributed by atoms with Crippen LogP contribution in [0, 0.1) is 11.3 Å². The van der Waals surface area contributed by atoms with E-state index in [4.69, 9.17) is 15.7 Å². The molecule has 0 bridgehead atoms. The Kier molecular flexibility index (Phi) is 3.84. The van der Waals surface area contributed by atoms with Crippen molar-refractivity contribution in [3.63, 3.8) is 0 Å². The van der Waals surface area contributed by atoms with Crippen LogP contribution in [0.25, 0.3) is 0 Å². The molecular formula is C14H14N4O. The predicted molar refractivity (Wildman–Crippen MR) is 73.7 cm³/mol. The molecule has 1 heterocycles. The first-order valence-corrected chi connectivity index (χ1v) is 5.75. The van der Waals surface area contributed by atoms with Crippen LogP contribution in [-0.4, -0.2) is 12.1 Å². The molecule has 0 aliphatic rings. The second-order valence-electron chi connectivity index (χ2n) is 3.98. The molecule has 0 spiro atoms. The number of ether oxygens (including phenoxy) is 1. The Bertz CT molecular complexity index is 602. The Morgan fingerprint density at radius 3 is 2.84 bits per heavy atom. The third kappa shape index (κ3) is 3.13. The molecule has 0 radical (unpaired) electrons. The number of pyridine rings is 1. The molecule has 1 aromatic carbocycles. The molecule has 0 saturated heterocycles. The summed E-state index contributed by atoms with van der Waals surface area (Å²) in [7, 11) is 1.58. The van der Waals surface area contributed by atoms with Gasteiger partial charge in [-0.1, -0.05) is 6.07 Å². The number of hydrogen-bond acceptors (Lipinski definition) is 5. The van der Waals surface area contributed by atoms with Crippen molar-refractivity contribution >= 4 is 11.4 Å². The first kappa shape index (κ1) is 12.7. The molecule has 1 aromatic heterocycles. The number of anilines is 2. The number of nitrogen functional groups attached to an aromatic ring is 1. The van der Waals surface area contributed by atoms with E-state index in [1.807, 2.05) is 6.07 Å². The van der Waals surface area contributed by atoms with Crippen LogP contribution in [0.4, 0.5) is 11.4 Å². The van der Waals surface area contributed by atoms with Crippen molar-refractivity contribution in [3.05, 3.63) is 47.7 Å². The van der Waals surface area contributed by atoms with Gasteiger partial charge in [0.2, 0.25) is 5.88 Å². The highest BCUT2D eigenvalue weighted by atomic mass is 16.5. The molecule has 0 amide bonds. The fraction of sp³-hybridized carbons (Fsp3) is 0.143. The molecule has 0 fully saturated rings. The van der Waals surface area contributed by atoms with Gasteiger partial charge in [-0.05, 0) is 23.8 Å². The summed E-state index contributed by atoms with van der Waals surface area (Å²) in [6.07, 6.45) is 1.73. The third-order valence-electron chi connectivity index (χ3n) is 2.65. The monoisotopic (exact) mass is 254 g/mol. The summed E-state index contributed by atoms with van der Waals surface area (Å²) >= 11 is 0. The number of nitrogens with two attached hydrogens (primary N) is 1. The predicted octanol–water partition coefficient (Wildman–Crippen LogP) is 2.16. The Morgan fingerprint density at radius 2 is 2.21 bits per heavy atom. The van der Waals surface area contributed by atoms with Gasteiger partial charge in [-0.2, -0.15) is 5.26 Å². The maximum Gasteiger partial charge on any atom is 0.212 e. The lowest BCUT2D eigenvalue weighted by molar-refractivity contribution is 0.397. The lowest BCUT2D eigenvalue weighted by Crippen LogP contribution is -2.02. The van der Waals surface area contributed by atoms with Crippen LogP contribution in [0.5, 0.6) is 5.88 Å². The van der Waals surface area contributed by atoms with E-state index in [9.17, 15) is 0 Å². The number of hydrogen-bond donors (Lipinski definition) is 2. The molecule has 2 rings (SSSR count). The number of methoxy groups -OCH3 is 1. The van der Waals surface area contributed by atoms with Gasteiger partial charge in [-0.3, -0.25) is 0 Å². The number of nitrogens with one attached hydrogen (secondary N) is 1. The summed E-state index contributed by atoms with van der Waals surface area (Å²) in [4.78, 5) is 4.12. The van der Waals surface area contributed by atoms with E-state index < -0.39 is 0 Å². The van der Waals surface area contributed by atoms with Gasteiger partial charge in [0.1, 0.15) is 6.07 Å². The number of nitrogens with zero attached hydrogens (tertiary/aromatic N) is 2. The number of benzene rings is 1. The molecule has 19 heavy (non-hydrogen) atoms. The molecule has 5 nitrogen and oxygen atoms in total. The minimum Gasteiger partial charge on any atom is -0.481 e. The SMILES string of the molecule is COc1ccc(CNc2ccc(N)cc2C#N)cn1. The number of aromatic nitrogens is 1. The molecule has 96 valence electrons. The molecule has 0 aliphatic carbocycles. The fourth-order valence-electron chi connectivity index (χ4n) is 1.64. The first-order chi connectivity index (χ1) is 9.22. The molecule has 3 N–H and O–H groups in total. The topological polar surface area (TPSA) is 84.0 Å². The first-order valence-electron chi connectivity index (χ1n) is 5.75. The van der Waals surface area contributed by atoms with Crippen molar-refractivity contribution in [2.24, 2.45) is 0 Å². The lowest BCUT2D eigenvalue weighted by Gasteiger charge is -2.09. The van der Waals surface area contributed by atoms with Gasteiger partial charge in [0.05, 0.1) is 18.4 Å². The molecule has 0 atom stereocenters. The fourth-order valence-corrected chi connectivity index (χ4v) is 1.64. The van der Waals surface area contributed by atoms with Crippen LogP contribution in [-0.2, 0) is 6.54 Å². The summed E-state index contributed by atoms with van der Waals surface area (Å²) in [5.74, 6) is 0.578. The maximum absolute atomic E-state index is 9.03. The number of nitriles is 1. The summed E-state index contributed by atoms with van der Waals surface area (Å²) in [6, 6.07) is 11.0. The second kappa shape index (κ2) is 5.74. The zero-order valence-electron chi connectivity index (χ0n) is 10.6. The van der Waals surface area contributed by atoms with Crippen molar-refractivity contribution in [1.82, 2.24) is 4.98 Å². The highest BCUT2D eigenvalue weighted by molar-refractivity contribution is 5.63. The summed E-state index contributed by atoms with van der Waals surface area (Å²) in [5.41, 5.74) is 8.50. The standard InChI is InChI=1S/C14H14N4O/c1-19-14-5-2-10(9-18-14)8-17-13-4-3-12(16)6-11(13)7-15/h2-6,9,17H,8,16H2,1H3. The second-order valence-corrected chi connectivity index (χ2v) is 3.98. The molecule has 0 saturated carbocycles. The van der Waals surface area contributed by atoms with E-state index in [-0.39, 0.29) is 0 Å². The van der Waals surface area contributed by atoms with Gasteiger partial charge in [-0.25, -0.2) is 4.98 Å². The normalized spacial score (nSPS) is 9.68. The molecule has 0 aliphatic heterocycles. The van der Waals surface area contributed by atoms with Gasteiger partial charge in [0.15, 0.2) is 0 Å². The minimum absolute atomic E-state index is 0.529. The third-order valence-corrected chi connectivity index (χ3v) is 2.65. The van der Waals surface area contributed by atoms with E-state index in [0.717, 1.165) is 11.3 Å². The van der Waals surface area contributed by atoms with Crippen LogP contribution < -0.4 is 15.8 Å². The molecular weight excluding hydrogens is 240 g/mol. The largest absolute Gasteiger partial charge is 0.481 e. The van der Waals surface area contributed by atoms with Crippen molar-refractivity contribution in [2.75, 3.05) is 18.2 Å². The lowest BCUT2D eigenvalue weighted by atomic mass is 10.1. The van der Waals surface area contributed by atoms with Crippen molar-refractivity contribution in [2.45, 2.75) is 6.54 Å².